The minimum Gasteiger partial charge on any atom is -0.493 e. The van der Waals surface area contributed by atoms with Gasteiger partial charge in [-0.05, 0) is 19.1 Å². The Kier molecular flexibility index (Phi) is 8.04. The molecular formula is C21H24N2O7. The largest absolute Gasteiger partial charge is 0.493 e. The van der Waals surface area contributed by atoms with E-state index in [1.165, 1.54) is 33.5 Å². The summed E-state index contributed by atoms with van der Waals surface area (Å²) in [7, 11) is 4.27. The maximum atomic E-state index is 12.8. The van der Waals surface area contributed by atoms with Gasteiger partial charge in [0.1, 0.15) is 0 Å². The number of methoxy groups -OCH3 is 3. The van der Waals surface area contributed by atoms with Crippen molar-refractivity contribution in [3.63, 3.8) is 0 Å². The van der Waals surface area contributed by atoms with Crippen LogP contribution >= 0.6 is 0 Å². The van der Waals surface area contributed by atoms with E-state index >= 15 is 0 Å². The highest BCUT2D eigenvalue weighted by Crippen LogP contribution is 2.38. The number of hydrogen-bond donors (Lipinski definition) is 2. The van der Waals surface area contributed by atoms with Crippen LogP contribution in [-0.2, 0) is 9.53 Å². The number of benzene rings is 2. The molecule has 3 amide bonds. The zero-order valence-corrected chi connectivity index (χ0v) is 17.2. The molecule has 0 radical (unpaired) electrons. The quantitative estimate of drug-likeness (QED) is 0.636. The molecule has 9 heteroatoms. The van der Waals surface area contributed by atoms with Crippen molar-refractivity contribution in [2.75, 3.05) is 27.9 Å². The van der Waals surface area contributed by atoms with Crippen molar-refractivity contribution in [1.82, 2.24) is 10.6 Å². The first-order chi connectivity index (χ1) is 14.4. The van der Waals surface area contributed by atoms with Crippen molar-refractivity contribution in [1.29, 1.82) is 0 Å². The van der Waals surface area contributed by atoms with Crippen molar-refractivity contribution >= 4 is 17.9 Å². The van der Waals surface area contributed by atoms with E-state index in [0.717, 1.165) is 0 Å². The van der Waals surface area contributed by atoms with Crippen molar-refractivity contribution in [3.8, 4) is 17.2 Å². The maximum Gasteiger partial charge on any atom is 0.339 e. The molecular weight excluding hydrogens is 392 g/mol. The van der Waals surface area contributed by atoms with Crippen LogP contribution in [0.25, 0.3) is 0 Å². The standard InChI is InChI=1S/C21H24N2O7/c1-5-22-21(26)23-19(24)17(13-9-7-6-8-10-13)30-20(25)14-11-15(27-2)18(29-4)16(12-14)28-3/h6-12,17H,5H2,1-4H3,(H2,22,23,24,26)/t17-/m1/s1. The van der Waals surface area contributed by atoms with Crippen molar-refractivity contribution in [3.05, 3.63) is 53.6 Å². The lowest BCUT2D eigenvalue weighted by atomic mass is 10.1. The summed E-state index contributed by atoms with van der Waals surface area (Å²) < 4.78 is 21.2. The third-order valence-electron chi connectivity index (χ3n) is 4.04. The molecule has 0 aromatic heterocycles. The highest BCUT2D eigenvalue weighted by Gasteiger charge is 2.28. The fourth-order valence-corrected chi connectivity index (χ4v) is 2.66. The predicted molar refractivity (Wildman–Crippen MR) is 108 cm³/mol. The molecule has 0 heterocycles. The van der Waals surface area contributed by atoms with Crippen molar-refractivity contribution < 1.29 is 33.3 Å². The van der Waals surface area contributed by atoms with E-state index < -0.39 is 24.0 Å². The van der Waals surface area contributed by atoms with Crippen LogP contribution in [0.3, 0.4) is 0 Å². The number of nitrogens with one attached hydrogen (secondary N) is 2. The van der Waals surface area contributed by atoms with Gasteiger partial charge < -0.3 is 24.3 Å². The zero-order valence-electron chi connectivity index (χ0n) is 17.2. The van der Waals surface area contributed by atoms with E-state index in [4.69, 9.17) is 18.9 Å². The van der Waals surface area contributed by atoms with Gasteiger partial charge in [0.15, 0.2) is 11.5 Å². The van der Waals surface area contributed by atoms with Crippen LogP contribution in [-0.4, -0.2) is 45.8 Å². The average molecular weight is 416 g/mol. The Hall–Kier alpha value is -3.75. The van der Waals surface area contributed by atoms with Crippen LogP contribution in [0.4, 0.5) is 4.79 Å². The molecule has 2 rings (SSSR count). The van der Waals surface area contributed by atoms with Crippen LogP contribution in [0.2, 0.25) is 0 Å². The molecule has 0 aliphatic rings. The number of rotatable bonds is 8. The molecule has 30 heavy (non-hydrogen) atoms. The summed E-state index contributed by atoms with van der Waals surface area (Å²) in [6, 6.07) is 10.5. The van der Waals surface area contributed by atoms with Gasteiger partial charge >= 0.3 is 12.0 Å². The number of hydrogen-bond acceptors (Lipinski definition) is 7. The van der Waals surface area contributed by atoms with Gasteiger partial charge in [-0.2, -0.15) is 0 Å². The molecule has 0 fully saturated rings. The molecule has 0 aliphatic carbocycles. The van der Waals surface area contributed by atoms with Crippen LogP contribution in [0.15, 0.2) is 42.5 Å². The topological polar surface area (TPSA) is 112 Å². The second-order valence-corrected chi connectivity index (χ2v) is 5.96. The van der Waals surface area contributed by atoms with Gasteiger partial charge in [-0.15, -0.1) is 0 Å². The first-order valence-corrected chi connectivity index (χ1v) is 9.09. The lowest BCUT2D eigenvalue weighted by Crippen LogP contribution is -2.42. The Morgan fingerprint density at radius 1 is 0.933 bits per heavy atom. The fourth-order valence-electron chi connectivity index (χ4n) is 2.66. The predicted octanol–water partition coefficient (Wildman–Crippen LogP) is 2.46. The fraction of sp³-hybridized carbons (Fsp3) is 0.286. The number of carbonyl (C=O) groups is 3. The van der Waals surface area contributed by atoms with Gasteiger partial charge in [0.2, 0.25) is 11.9 Å². The summed E-state index contributed by atoms with van der Waals surface area (Å²) in [5, 5.41) is 4.62. The van der Waals surface area contributed by atoms with E-state index in [9.17, 15) is 14.4 Å². The Bertz CT molecular complexity index is 874. The molecule has 2 aromatic rings. The molecule has 2 N–H and O–H groups in total. The molecule has 160 valence electrons. The third kappa shape index (κ3) is 5.40. The van der Waals surface area contributed by atoms with Gasteiger partial charge in [-0.1, -0.05) is 30.3 Å². The summed E-state index contributed by atoms with van der Waals surface area (Å²) in [6.45, 7) is 2.05. The molecule has 2 aromatic carbocycles. The second kappa shape index (κ2) is 10.7. The van der Waals surface area contributed by atoms with E-state index in [1.807, 2.05) is 0 Å². The van der Waals surface area contributed by atoms with Gasteiger partial charge in [-0.25, -0.2) is 9.59 Å². The lowest BCUT2D eigenvalue weighted by molar-refractivity contribution is -0.129. The summed E-state index contributed by atoms with van der Waals surface area (Å²) in [5.41, 5.74) is 0.483. The summed E-state index contributed by atoms with van der Waals surface area (Å²) in [6.07, 6.45) is -1.35. The maximum absolute atomic E-state index is 12.8. The molecule has 1 atom stereocenters. The number of amides is 3. The number of carbonyl (C=O) groups excluding carboxylic acids is 3. The Balaban J connectivity index is 2.34. The van der Waals surface area contributed by atoms with E-state index in [0.29, 0.717) is 17.9 Å². The van der Waals surface area contributed by atoms with E-state index in [-0.39, 0.29) is 17.1 Å². The second-order valence-electron chi connectivity index (χ2n) is 5.96. The molecule has 0 unspecified atom stereocenters. The average Bonchev–Trinajstić information content (AvgIpc) is 2.76. The van der Waals surface area contributed by atoms with Crippen LogP contribution in [0, 0.1) is 0 Å². The molecule has 0 saturated heterocycles. The first-order valence-electron chi connectivity index (χ1n) is 9.09. The lowest BCUT2D eigenvalue weighted by Gasteiger charge is -2.19. The number of ether oxygens (including phenoxy) is 4. The molecule has 9 nitrogen and oxygen atoms in total. The van der Waals surface area contributed by atoms with Gasteiger partial charge in [0, 0.05) is 12.1 Å². The van der Waals surface area contributed by atoms with Crippen LogP contribution in [0.1, 0.15) is 28.9 Å². The number of urea groups is 1. The van der Waals surface area contributed by atoms with Gasteiger partial charge in [0.25, 0.3) is 5.91 Å². The molecule has 0 spiro atoms. The van der Waals surface area contributed by atoms with Crippen LogP contribution in [0.5, 0.6) is 17.2 Å². The number of esters is 1. The monoisotopic (exact) mass is 416 g/mol. The molecule has 0 bridgehead atoms. The van der Waals surface area contributed by atoms with Gasteiger partial charge in [-0.3, -0.25) is 10.1 Å². The minimum absolute atomic E-state index is 0.0799. The summed E-state index contributed by atoms with van der Waals surface area (Å²) >= 11 is 0. The SMILES string of the molecule is CCNC(=O)NC(=O)[C@H](OC(=O)c1cc(OC)c(OC)c(OC)c1)c1ccccc1. The smallest absolute Gasteiger partial charge is 0.339 e. The van der Waals surface area contributed by atoms with E-state index in [2.05, 4.69) is 10.6 Å². The van der Waals surface area contributed by atoms with Crippen LogP contribution < -0.4 is 24.8 Å². The Labute approximate surface area is 174 Å². The minimum atomic E-state index is -1.35. The summed E-state index contributed by atoms with van der Waals surface area (Å²) in [5.74, 6) is -0.772. The highest BCUT2D eigenvalue weighted by molar-refractivity contribution is 5.99. The summed E-state index contributed by atoms with van der Waals surface area (Å²) in [4.78, 5) is 37.2. The zero-order chi connectivity index (χ0) is 22.1. The van der Waals surface area contributed by atoms with E-state index in [1.54, 1.807) is 37.3 Å². The normalized spacial score (nSPS) is 11.1. The molecule has 0 saturated carbocycles. The molecule has 0 aliphatic heterocycles. The van der Waals surface area contributed by atoms with Crippen molar-refractivity contribution in [2.24, 2.45) is 0 Å². The Morgan fingerprint density at radius 2 is 1.53 bits per heavy atom. The Morgan fingerprint density at radius 3 is 2.03 bits per heavy atom. The first kappa shape index (κ1) is 22.5. The van der Waals surface area contributed by atoms with Gasteiger partial charge in [0.05, 0.1) is 26.9 Å². The third-order valence-corrected chi connectivity index (χ3v) is 4.04. The number of imide groups is 1. The highest BCUT2D eigenvalue weighted by atomic mass is 16.6. The van der Waals surface area contributed by atoms with Crippen molar-refractivity contribution in [2.45, 2.75) is 13.0 Å².